The predicted molar refractivity (Wildman–Crippen MR) is 91.8 cm³/mol. The van der Waals surface area contributed by atoms with E-state index in [1.54, 1.807) is 0 Å². The van der Waals surface area contributed by atoms with E-state index < -0.39 is 30.3 Å². The summed E-state index contributed by atoms with van der Waals surface area (Å²) >= 11 is 0. The Bertz CT molecular complexity index is 1080. The van der Waals surface area contributed by atoms with E-state index >= 15 is 0 Å². The van der Waals surface area contributed by atoms with E-state index in [1.807, 2.05) is 4.72 Å². The maximum Gasteiger partial charge on any atom is 0.296 e. The zero-order chi connectivity index (χ0) is 18.9. The van der Waals surface area contributed by atoms with Gasteiger partial charge in [0.2, 0.25) is 10.0 Å². The average Bonchev–Trinajstić information content (AvgIpc) is 2.45. The van der Waals surface area contributed by atoms with Gasteiger partial charge in [-0.3, -0.25) is 9.44 Å². The van der Waals surface area contributed by atoms with E-state index in [9.17, 15) is 25.3 Å². The molecule has 0 atom stereocenters. The second kappa shape index (κ2) is 6.61. The van der Waals surface area contributed by atoms with E-state index in [2.05, 4.69) is 4.72 Å². The second-order valence-electron chi connectivity index (χ2n) is 4.85. The Morgan fingerprint density at radius 1 is 0.600 bits per heavy atom. The molecule has 2 rings (SSSR count). The normalized spacial score (nSPS) is 12.6. The van der Waals surface area contributed by atoms with Crippen molar-refractivity contribution in [2.24, 2.45) is 10.3 Å². The van der Waals surface area contributed by atoms with Crippen molar-refractivity contribution in [1.29, 1.82) is 0 Å². The summed E-state index contributed by atoms with van der Waals surface area (Å²) in [5.41, 5.74) is 0.220. The molecule has 136 valence electrons. The number of anilines is 2. The van der Waals surface area contributed by atoms with E-state index in [1.165, 1.54) is 36.4 Å². The summed E-state index contributed by atoms with van der Waals surface area (Å²) in [6, 6.07) is 9.61. The van der Waals surface area contributed by atoms with Crippen LogP contribution in [0.3, 0.4) is 0 Å². The number of nitrogens with two attached hydrogens (primary N) is 2. The molecule has 0 aliphatic carbocycles. The van der Waals surface area contributed by atoms with E-state index in [0.717, 1.165) is 12.1 Å². The van der Waals surface area contributed by atoms with Crippen LogP contribution in [-0.4, -0.2) is 25.3 Å². The van der Waals surface area contributed by atoms with Crippen LogP contribution in [0.4, 0.5) is 11.4 Å². The van der Waals surface area contributed by atoms with Crippen molar-refractivity contribution in [1.82, 2.24) is 0 Å². The third-order valence-electron chi connectivity index (χ3n) is 2.86. The standard InChI is InChI=1S/C12H14N4O6S3/c13-23(17,18)11-5-1-9(2-6-11)15-24(19,20)12-7-3-10(4-8-12)16-25(14,21)22/h1-8,15-16H,(H2,13,17,18)(H2,14,21,22). The molecule has 0 saturated heterocycles. The topological polar surface area (TPSA) is 179 Å². The lowest BCUT2D eigenvalue weighted by Crippen LogP contribution is -2.21. The third-order valence-corrected chi connectivity index (χ3v) is 5.71. The second-order valence-corrected chi connectivity index (χ2v) is 9.38. The van der Waals surface area contributed by atoms with Gasteiger partial charge < -0.3 is 0 Å². The van der Waals surface area contributed by atoms with Crippen molar-refractivity contribution in [2.75, 3.05) is 9.44 Å². The minimum Gasteiger partial charge on any atom is -0.280 e. The zero-order valence-corrected chi connectivity index (χ0v) is 14.9. The molecule has 6 N–H and O–H groups in total. The molecule has 0 radical (unpaired) electrons. The fourth-order valence-electron chi connectivity index (χ4n) is 1.79. The summed E-state index contributed by atoms with van der Waals surface area (Å²) in [6.07, 6.45) is 0. The van der Waals surface area contributed by atoms with E-state index in [-0.39, 0.29) is 21.2 Å². The first kappa shape index (κ1) is 19.1. The molecule has 0 unspecified atom stereocenters. The number of sulfonamides is 2. The van der Waals surface area contributed by atoms with Crippen LogP contribution in [0.15, 0.2) is 58.3 Å². The number of rotatable bonds is 6. The molecule has 2 aromatic rings. The maximum absolute atomic E-state index is 12.3. The number of hydrogen-bond acceptors (Lipinski definition) is 6. The summed E-state index contributed by atoms with van der Waals surface area (Å²) in [5.74, 6) is 0. The van der Waals surface area contributed by atoms with Gasteiger partial charge in [0, 0.05) is 11.4 Å². The van der Waals surface area contributed by atoms with Crippen molar-refractivity contribution >= 4 is 41.6 Å². The van der Waals surface area contributed by atoms with Gasteiger partial charge in [0.15, 0.2) is 0 Å². The van der Waals surface area contributed by atoms with Gasteiger partial charge in [0.1, 0.15) is 0 Å². The number of primary sulfonamides is 1. The Morgan fingerprint density at radius 3 is 1.40 bits per heavy atom. The number of nitrogens with one attached hydrogen (secondary N) is 2. The van der Waals surface area contributed by atoms with E-state index in [4.69, 9.17) is 10.3 Å². The van der Waals surface area contributed by atoms with Crippen LogP contribution in [0.2, 0.25) is 0 Å². The summed E-state index contributed by atoms with van der Waals surface area (Å²) < 4.78 is 72.9. The molecule has 2 aromatic carbocycles. The van der Waals surface area contributed by atoms with E-state index in [0.29, 0.717) is 0 Å². The Labute approximate surface area is 145 Å². The molecule has 25 heavy (non-hydrogen) atoms. The first-order chi connectivity index (χ1) is 11.4. The van der Waals surface area contributed by atoms with Crippen molar-refractivity contribution < 1.29 is 25.3 Å². The van der Waals surface area contributed by atoms with Crippen LogP contribution in [0.1, 0.15) is 0 Å². The highest BCUT2D eigenvalue weighted by Crippen LogP contribution is 2.19. The molecule has 0 bridgehead atoms. The highest BCUT2D eigenvalue weighted by molar-refractivity contribution is 7.92. The van der Waals surface area contributed by atoms with Gasteiger partial charge in [0.05, 0.1) is 9.79 Å². The summed E-state index contributed by atoms with van der Waals surface area (Å²) in [6.45, 7) is 0. The van der Waals surface area contributed by atoms with Crippen molar-refractivity contribution in [2.45, 2.75) is 9.79 Å². The molecule has 10 nitrogen and oxygen atoms in total. The average molecular weight is 406 g/mol. The van der Waals surface area contributed by atoms with Crippen molar-refractivity contribution in [3.63, 3.8) is 0 Å². The summed E-state index contributed by atoms with van der Waals surface area (Å²) in [7, 11) is -11.8. The van der Waals surface area contributed by atoms with Gasteiger partial charge in [-0.15, -0.1) is 0 Å². The zero-order valence-electron chi connectivity index (χ0n) is 12.4. The molecule has 0 amide bonds. The lowest BCUT2D eigenvalue weighted by molar-refractivity contribution is 0.597. The molecule has 0 aromatic heterocycles. The van der Waals surface area contributed by atoms with Crippen LogP contribution in [0, 0.1) is 0 Å². The minimum atomic E-state index is -3.96. The molecule has 0 aliphatic heterocycles. The van der Waals surface area contributed by atoms with Crippen molar-refractivity contribution in [3.8, 4) is 0 Å². The molecule has 0 heterocycles. The first-order valence-corrected chi connectivity index (χ1v) is 11.0. The van der Waals surface area contributed by atoms with Crippen LogP contribution in [0.5, 0.6) is 0 Å². The van der Waals surface area contributed by atoms with Crippen LogP contribution < -0.4 is 19.7 Å². The quantitative estimate of drug-likeness (QED) is 0.513. The highest BCUT2D eigenvalue weighted by atomic mass is 32.2. The molecule has 0 aliphatic rings. The first-order valence-electron chi connectivity index (χ1n) is 6.43. The molecule has 0 fully saturated rings. The third kappa shape index (κ3) is 5.40. The Kier molecular flexibility index (Phi) is 5.06. The maximum atomic E-state index is 12.3. The Balaban J connectivity index is 2.21. The van der Waals surface area contributed by atoms with Crippen LogP contribution in [-0.2, 0) is 30.3 Å². The number of hydrogen-bond donors (Lipinski definition) is 4. The largest absolute Gasteiger partial charge is 0.296 e. The lowest BCUT2D eigenvalue weighted by atomic mass is 10.3. The molecule has 0 spiro atoms. The minimum absolute atomic E-state index is 0.0963. The lowest BCUT2D eigenvalue weighted by Gasteiger charge is -2.09. The Morgan fingerprint density at radius 2 is 1.00 bits per heavy atom. The van der Waals surface area contributed by atoms with Crippen molar-refractivity contribution in [3.05, 3.63) is 48.5 Å². The molecule has 13 heteroatoms. The highest BCUT2D eigenvalue weighted by Gasteiger charge is 2.15. The monoisotopic (exact) mass is 406 g/mol. The fourth-order valence-corrected chi connectivity index (χ4v) is 3.83. The van der Waals surface area contributed by atoms with Gasteiger partial charge in [-0.2, -0.15) is 8.42 Å². The van der Waals surface area contributed by atoms with Crippen LogP contribution in [0.25, 0.3) is 0 Å². The van der Waals surface area contributed by atoms with Gasteiger partial charge >= 0.3 is 0 Å². The smallest absolute Gasteiger partial charge is 0.280 e. The molecular formula is C12H14N4O6S3. The van der Waals surface area contributed by atoms with Gasteiger partial charge in [-0.1, -0.05) is 0 Å². The summed E-state index contributed by atoms with van der Waals surface area (Å²) in [4.78, 5) is -0.295. The van der Waals surface area contributed by atoms with Crippen LogP contribution >= 0.6 is 0 Å². The molecular weight excluding hydrogens is 392 g/mol. The van der Waals surface area contributed by atoms with Gasteiger partial charge in [0.25, 0.3) is 20.2 Å². The fraction of sp³-hybridized carbons (Fsp3) is 0. The Hall–Kier alpha value is -2.19. The SMILES string of the molecule is NS(=O)(=O)Nc1ccc(S(=O)(=O)Nc2ccc(S(N)(=O)=O)cc2)cc1. The summed E-state index contributed by atoms with van der Waals surface area (Å²) in [5, 5.41) is 9.77. The number of benzene rings is 2. The van der Waals surface area contributed by atoms with Gasteiger partial charge in [-0.25, -0.2) is 27.1 Å². The van der Waals surface area contributed by atoms with Gasteiger partial charge in [-0.05, 0) is 48.5 Å². The molecule has 0 saturated carbocycles. The predicted octanol–water partition coefficient (Wildman–Crippen LogP) is -0.250.